The third-order valence-corrected chi connectivity index (χ3v) is 2.57. The van der Waals surface area contributed by atoms with Crippen molar-refractivity contribution in [1.82, 2.24) is 0 Å². The Bertz CT molecular complexity index is 389. The Hall–Kier alpha value is -1.22. The molecule has 1 aliphatic rings. The molecule has 1 saturated heterocycles. The topological polar surface area (TPSA) is 12.5 Å². The van der Waals surface area contributed by atoms with Crippen molar-refractivity contribution in [2.45, 2.75) is 18.6 Å². The lowest BCUT2D eigenvalue weighted by Crippen LogP contribution is -2.10. The van der Waals surface area contributed by atoms with Crippen molar-refractivity contribution in [3.05, 3.63) is 48.1 Å². The third kappa shape index (κ3) is 1.16. The highest BCUT2D eigenvalue weighted by Crippen LogP contribution is 2.47. The van der Waals surface area contributed by atoms with E-state index in [0.29, 0.717) is 5.56 Å². The van der Waals surface area contributed by atoms with Gasteiger partial charge in [0.05, 0.1) is 6.10 Å². The lowest BCUT2D eigenvalue weighted by molar-refractivity contribution is 0.332. The van der Waals surface area contributed by atoms with Crippen LogP contribution < -0.4 is 0 Å². The lowest BCUT2D eigenvalue weighted by atomic mass is 9.95. The maximum atomic E-state index is 13.4. The van der Waals surface area contributed by atoms with Crippen molar-refractivity contribution in [2.75, 3.05) is 0 Å². The summed E-state index contributed by atoms with van der Waals surface area (Å²) in [5, 5.41) is 0. The monoisotopic (exact) mass is 196 g/mol. The average Bonchev–Trinajstić information content (AvgIpc) is 2.78. The van der Waals surface area contributed by atoms with E-state index >= 15 is 0 Å². The van der Waals surface area contributed by atoms with Crippen molar-refractivity contribution in [2.24, 2.45) is 0 Å². The van der Waals surface area contributed by atoms with Crippen LogP contribution in [0.15, 0.2) is 30.9 Å². The Morgan fingerprint density at radius 1 is 1.50 bits per heavy atom. The zero-order valence-electron chi connectivity index (χ0n) is 7.76. The van der Waals surface area contributed by atoms with Crippen LogP contribution in [0.1, 0.15) is 12.5 Å². The summed E-state index contributed by atoms with van der Waals surface area (Å²) in [7, 11) is 0. The van der Waals surface area contributed by atoms with Crippen molar-refractivity contribution in [1.29, 1.82) is 0 Å². The summed E-state index contributed by atoms with van der Waals surface area (Å²) in [6.07, 6.45) is 1.45. The molecule has 0 N–H and O–H groups in total. The van der Waals surface area contributed by atoms with Crippen LogP contribution in [0.5, 0.6) is 0 Å². The summed E-state index contributed by atoms with van der Waals surface area (Å²) in [5.74, 6) is -1.17. The first-order valence-electron chi connectivity index (χ1n) is 4.37. The fraction of sp³-hybridized carbons (Fsp3) is 0.273. The van der Waals surface area contributed by atoms with E-state index in [1.807, 2.05) is 6.92 Å². The van der Waals surface area contributed by atoms with Crippen LogP contribution >= 0.6 is 0 Å². The smallest absolute Gasteiger partial charge is 0.140 e. The van der Waals surface area contributed by atoms with E-state index in [2.05, 4.69) is 6.58 Å². The Morgan fingerprint density at radius 3 is 2.57 bits per heavy atom. The van der Waals surface area contributed by atoms with E-state index in [0.717, 1.165) is 6.07 Å². The number of ether oxygens (including phenoxy) is 1. The molecule has 1 fully saturated rings. The standard InChI is InChI=1S/C11H10F2O/c1-3-11(7(2)14-11)9-5-4-8(12)6-10(9)13/h3-7H,1H2,2H3/t7-,11+/m0/s1. The van der Waals surface area contributed by atoms with E-state index in [9.17, 15) is 8.78 Å². The van der Waals surface area contributed by atoms with E-state index in [1.165, 1.54) is 12.1 Å². The molecule has 0 saturated carbocycles. The first kappa shape index (κ1) is 9.34. The van der Waals surface area contributed by atoms with Crippen molar-refractivity contribution in [3.8, 4) is 0 Å². The highest BCUT2D eigenvalue weighted by Gasteiger charge is 2.53. The number of benzene rings is 1. The zero-order chi connectivity index (χ0) is 10.3. The number of hydrogen-bond acceptors (Lipinski definition) is 1. The lowest BCUT2D eigenvalue weighted by Gasteiger charge is -2.08. The van der Waals surface area contributed by atoms with Gasteiger partial charge in [-0.1, -0.05) is 12.7 Å². The first-order valence-corrected chi connectivity index (χ1v) is 4.37. The highest BCUT2D eigenvalue weighted by atomic mass is 19.1. The summed E-state index contributed by atoms with van der Waals surface area (Å²) in [5.41, 5.74) is -0.404. The van der Waals surface area contributed by atoms with Gasteiger partial charge in [0, 0.05) is 11.6 Å². The van der Waals surface area contributed by atoms with Crippen molar-refractivity contribution >= 4 is 0 Å². The van der Waals surface area contributed by atoms with Gasteiger partial charge in [0.15, 0.2) is 0 Å². The normalized spacial score (nSPS) is 30.1. The fourth-order valence-electron chi connectivity index (χ4n) is 1.67. The van der Waals surface area contributed by atoms with Gasteiger partial charge in [0.2, 0.25) is 0 Å². The van der Waals surface area contributed by atoms with Gasteiger partial charge >= 0.3 is 0 Å². The van der Waals surface area contributed by atoms with Crippen LogP contribution in [0.2, 0.25) is 0 Å². The van der Waals surface area contributed by atoms with Gasteiger partial charge in [-0.05, 0) is 19.1 Å². The second-order valence-corrected chi connectivity index (χ2v) is 3.38. The van der Waals surface area contributed by atoms with Gasteiger partial charge < -0.3 is 4.74 Å². The predicted molar refractivity (Wildman–Crippen MR) is 48.8 cm³/mol. The minimum absolute atomic E-state index is 0.0973. The van der Waals surface area contributed by atoms with Crippen LogP contribution in [-0.4, -0.2) is 6.10 Å². The summed E-state index contributed by atoms with van der Waals surface area (Å²) < 4.78 is 31.3. The second kappa shape index (κ2) is 2.89. The van der Waals surface area contributed by atoms with Crippen LogP contribution in [0.25, 0.3) is 0 Å². The molecule has 0 aromatic heterocycles. The molecule has 0 unspecified atom stereocenters. The molecule has 1 aromatic rings. The molecular weight excluding hydrogens is 186 g/mol. The molecular formula is C11H10F2O. The number of epoxide rings is 1. The van der Waals surface area contributed by atoms with Gasteiger partial charge in [0.25, 0.3) is 0 Å². The van der Waals surface area contributed by atoms with Crippen LogP contribution in [-0.2, 0) is 10.3 Å². The summed E-state index contributed by atoms with van der Waals surface area (Å²) in [6, 6.07) is 3.48. The maximum Gasteiger partial charge on any atom is 0.140 e. The first-order chi connectivity index (χ1) is 6.60. The van der Waals surface area contributed by atoms with Crippen LogP contribution in [0.3, 0.4) is 0 Å². The Kier molecular flexibility index (Phi) is 1.93. The van der Waals surface area contributed by atoms with Crippen molar-refractivity contribution in [3.63, 3.8) is 0 Å². The van der Waals surface area contributed by atoms with E-state index in [-0.39, 0.29) is 6.10 Å². The van der Waals surface area contributed by atoms with Gasteiger partial charge in [-0.15, -0.1) is 0 Å². The van der Waals surface area contributed by atoms with Gasteiger partial charge in [-0.3, -0.25) is 0 Å². The molecule has 14 heavy (non-hydrogen) atoms. The van der Waals surface area contributed by atoms with Gasteiger partial charge in [-0.25, -0.2) is 8.78 Å². The molecule has 1 aliphatic heterocycles. The minimum Gasteiger partial charge on any atom is -0.357 e. The Morgan fingerprint density at radius 2 is 2.14 bits per heavy atom. The zero-order valence-corrected chi connectivity index (χ0v) is 7.76. The predicted octanol–water partition coefficient (Wildman–Crippen LogP) is 2.76. The van der Waals surface area contributed by atoms with Gasteiger partial charge in [-0.2, -0.15) is 0 Å². The molecule has 3 heteroatoms. The molecule has 1 heterocycles. The number of rotatable bonds is 2. The third-order valence-electron chi connectivity index (χ3n) is 2.57. The van der Waals surface area contributed by atoms with E-state index < -0.39 is 17.2 Å². The summed E-state index contributed by atoms with van der Waals surface area (Å²) >= 11 is 0. The van der Waals surface area contributed by atoms with Crippen LogP contribution in [0.4, 0.5) is 8.78 Å². The van der Waals surface area contributed by atoms with E-state index in [1.54, 1.807) is 6.08 Å². The number of halogens is 2. The molecule has 2 rings (SSSR count). The molecule has 2 atom stereocenters. The molecule has 0 amide bonds. The summed E-state index contributed by atoms with van der Waals surface area (Å²) in [6.45, 7) is 5.42. The largest absolute Gasteiger partial charge is 0.357 e. The van der Waals surface area contributed by atoms with E-state index in [4.69, 9.17) is 4.74 Å². The maximum absolute atomic E-state index is 13.4. The Balaban J connectivity index is 2.47. The van der Waals surface area contributed by atoms with Gasteiger partial charge in [0.1, 0.15) is 17.2 Å². The van der Waals surface area contributed by atoms with Crippen LogP contribution in [0, 0.1) is 11.6 Å². The molecule has 1 nitrogen and oxygen atoms in total. The molecule has 0 radical (unpaired) electrons. The van der Waals surface area contributed by atoms with Crippen molar-refractivity contribution < 1.29 is 13.5 Å². The fourth-order valence-corrected chi connectivity index (χ4v) is 1.67. The molecule has 1 aromatic carbocycles. The second-order valence-electron chi connectivity index (χ2n) is 3.38. The molecule has 0 spiro atoms. The SMILES string of the molecule is C=C[C@@]1(c2ccc(F)cc2F)O[C@H]1C. The molecule has 0 aliphatic carbocycles. The highest BCUT2D eigenvalue weighted by molar-refractivity contribution is 5.35. The quantitative estimate of drug-likeness (QED) is 0.523. The summed E-state index contributed by atoms with van der Waals surface area (Å²) in [4.78, 5) is 0. The number of hydrogen-bond donors (Lipinski definition) is 0. The minimum atomic E-state index is -0.752. The average molecular weight is 196 g/mol. The molecule has 0 bridgehead atoms. The Labute approximate surface area is 81.0 Å². The molecule has 74 valence electrons.